The molecule has 0 spiro atoms. The Bertz CT molecular complexity index is 436. The second-order valence-corrected chi connectivity index (χ2v) is 5.36. The van der Waals surface area contributed by atoms with Gasteiger partial charge in [-0.2, -0.15) is 0 Å². The highest BCUT2D eigenvalue weighted by Crippen LogP contribution is 2.15. The molecule has 98 valence electrons. The minimum absolute atomic E-state index is 0.138. The summed E-state index contributed by atoms with van der Waals surface area (Å²) in [6.07, 6.45) is 1.17. The quantitative estimate of drug-likeness (QED) is 0.884. The zero-order chi connectivity index (χ0) is 13.1. The van der Waals surface area contributed by atoms with E-state index in [0.29, 0.717) is 5.92 Å². The predicted octanol–water partition coefficient (Wildman–Crippen LogP) is 1.98. The summed E-state index contributed by atoms with van der Waals surface area (Å²) in [5.74, 6) is 0.740. The fourth-order valence-electron chi connectivity index (χ4n) is 2.60. The summed E-state index contributed by atoms with van der Waals surface area (Å²) in [6.45, 7) is 7.01. The monoisotopic (exact) mass is 246 g/mol. The molecule has 18 heavy (non-hydrogen) atoms. The second-order valence-electron chi connectivity index (χ2n) is 5.36. The topological polar surface area (TPSA) is 32.3 Å². The average molecular weight is 246 g/mol. The minimum Gasteiger partial charge on any atom is -0.341 e. The molecule has 0 aliphatic carbocycles. The van der Waals surface area contributed by atoms with E-state index in [1.165, 1.54) is 12.0 Å². The fourth-order valence-corrected chi connectivity index (χ4v) is 2.60. The van der Waals surface area contributed by atoms with Crippen LogP contribution in [0.2, 0.25) is 0 Å². The van der Waals surface area contributed by atoms with Crippen molar-refractivity contribution in [1.29, 1.82) is 0 Å². The third kappa shape index (κ3) is 2.91. The number of carbonyl (C=O) groups is 1. The molecule has 0 saturated carbocycles. The Balaban J connectivity index is 2.05. The van der Waals surface area contributed by atoms with Crippen molar-refractivity contribution in [3.05, 3.63) is 34.9 Å². The Labute approximate surface area is 109 Å². The van der Waals surface area contributed by atoms with Crippen molar-refractivity contribution in [2.75, 3.05) is 26.7 Å². The van der Waals surface area contributed by atoms with Crippen LogP contribution >= 0.6 is 0 Å². The first-order valence-electron chi connectivity index (χ1n) is 6.61. The van der Waals surface area contributed by atoms with Gasteiger partial charge in [0.25, 0.3) is 5.91 Å². The van der Waals surface area contributed by atoms with Crippen molar-refractivity contribution in [3.63, 3.8) is 0 Å². The lowest BCUT2D eigenvalue weighted by molar-refractivity contribution is 0.0775. The summed E-state index contributed by atoms with van der Waals surface area (Å²) >= 11 is 0. The van der Waals surface area contributed by atoms with Gasteiger partial charge in [-0.25, -0.2) is 0 Å². The SMILES string of the molecule is Cc1ccc(C(=O)N(C)CC2CCNC2)c(C)c1. The van der Waals surface area contributed by atoms with E-state index in [2.05, 4.69) is 18.3 Å². The molecule has 1 aromatic carbocycles. The van der Waals surface area contributed by atoms with Crippen LogP contribution in [0, 0.1) is 19.8 Å². The number of hydrogen-bond acceptors (Lipinski definition) is 2. The highest BCUT2D eigenvalue weighted by Gasteiger charge is 2.20. The smallest absolute Gasteiger partial charge is 0.253 e. The average Bonchev–Trinajstić information content (AvgIpc) is 2.81. The Morgan fingerprint density at radius 1 is 1.44 bits per heavy atom. The van der Waals surface area contributed by atoms with Crippen molar-refractivity contribution < 1.29 is 4.79 Å². The maximum Gasteiger partial charge on any atom is 0.253 e. The van der Waals surface area contributed by atoms with Gasteiger partial charge in [-0.3, -0.25) is 4.79 Å². The lowest BCUT2D eigenvalue weighted by Gasteiger charge is -2.21. The highest BCUT2D eigenvalue weighted by atomic mass is 16.2. The molecule has 2 rings (SSSR count). The largest absolute Gasteiger partial charge is 0.341 e. The van der Waals surface area contributed by atoms with Crippen LogP contribution in [-0.4, -0.2) is 37.5 Å². The summed E-state index contributed by atoms with van der Waals surface area (Å²) in [6, 6.07) is 6.01. The minimum atomic E-state index is 0.138. The molecule has 1 atom stereocenters. The van der Waals surface area contributed by atoms with E-state index >= 15 is 0 Å². The van der Waals surface area contributed by atoms with E-state index in [9.17, 15) is 4.79 Å². The fraction of sp³-hybridized carbons (Fsp3) is 0.533. The van der Waals surface area contributed by atoms with Crippen molar-refractivity contribution in [3.8, 4) is 0 Å². The molecule has 3 nitrogen and oxygen atoms in total. The number of nitrogens with zero attached hydrogens (tertiary/aromatic N) is 1. The third-order valence-electron chi connectivity index (χ3n) is 3.65. The van der Waals surface area contributed by atoms with Crippen LogP contribution in [0.4, 0.5) is 0 Å². The first kappa shape index (κ1) is 13.1. The summed E-state index contributed by atoms with van der Waals surface area (Å²) in [7, 11) is 1.90. The van der Waals surface area contributed by atoms with Crippen molar-refractivity contribution >= 4 is 5.91 Å². The number of rotatable bonds is 3. The van der Waals surface area contributed by atoms with E-state index in [-0.39, 0.29) is 5.91 Å². The molecule has 1 unspecified atom stereocenters. The molecule has 1 aliphatic rings. The lowest BCUT2D eigenvalue weighted by atomic mass is 10.0. The molecule has 0 radical (unpaired) electrons. The molecule has 1 fully saturated rings. The van der Waals surface area contributed by atoms with Gasteiger partial charge in [0.1, 0.15) is 0 Å². The molecule has 1 N–H and O–H groups in total. The van der Waals surface area contributed by atoms with Gasteiger partial charge in [-0.05, 0) is 50.9 Å². The molecule has 3 heteroatoms. The normalized spacial score (nSPS) is 18.9. The van der Waals surface area contributed by atoms with Gasteiger partial charge in [0.2, 0.25) is 0 Å². The summed E-state index contributed by atoms with van der Waals surface area (Å²) in [4.78, 5) is 14.2. The van der Waals surface area contributed by atoms with Crippen LogP contribution in [0.15, 0.2) is 18.2 Å². The van der Waals surface area contributed by atoms with E-state index < -0.39 is 0 Å². The molecule has 1 aromatic rings. The highest BCUT2D eigenvalue weighted by molar-refractivity contribution is 5.95. The van der Waals surface area contributed by atoms with Gasteiger partial charge >= 0.3 is 0 Å². The van der Waals surface area contributed by atoms with Crippen molar-refractivity contribution in [1.82, 2.24) is 10.2 Å². The van der Waals surface area contributed by atoms with Crippen LogP contribution in [0.5, 0.6) is 0 Å². The molecule has 0 aromatic heterocycles. The molecule has 0 bridgehead atoms. The number of amides is 1. The lowest BCUT2D eigenvalue weighted by Crippen LogP contribution is -2.33. The first-order valence-corrected chi connectivity index (χ1v) is 6.61. The maximum absolute atomic E-state index is 12.4. The Morgan fingerprint density at radius 3 is 2.83 bits per heavy atom. The van der Waals surface area contributed by atoms with Crippen molar-refractivity contribution in [2.24, 2.45) is 5.92 Å². The van der Waals surface area contributed by atoms with E-state index in [1.807, 2.05) is 31.0 Å². The van der Waals surface area contributed by atoms with Crippen LogP contribution in [0.3, 0.4) is 0 Å². The van der Waals surface area contributed by atoms with Crippen molar-refractivity contribution in [2.45, 2.75) is 20.3 Å². The van der Waals surface area contributed by atoms with Crippen LogP contribution in [0.1, 0.15) is 27.9 Å². The zero-order valence-electron chi connectivity index (χ0n) is 11.5. The molecule has 1 heterocycles. The van der Waals surface area contributed by atoms with E-state index in [0.717, 1.165) is 30.8 Å². The maximum atomic E-state index is 12.4. The van der Waals surface area contributed by atoms with E-state index in [1.54, 1.807) is 0 Å². The molecular weight excluding hydrogens is 224 g/mol. The Hall–Kier alpha value is -1.35. The summed E-state index contributed by atoms with van der Waals surface area (Å²) < 4.78 is 0. The van der Waals surface area contributed by atoms with E-state index in [4.69, 9.17) is 0 Å². The van der Waals surface area contributed by atoms with Crippen LogP contribution in [0.25, 0.3) is 0 Å². The molecule has 1 aliphatic heterocycles. The van der Waals surface area contributed by atoms with Gasteiger partial charge in [-0.15, -0.1) is 0 Å². The second kappa shape index (κ2) is 5.53. The molecular formula is C15H22N2O. The number of hydrogen-bond donors (Lipinski definition) is 1. The summed E-state index contributed by atoms with van der Waals surface area (Å²) in [5.41, 5.74) is 3.09. The Morgan fingerprint density at radius 2 is 2.22 bits per heavy atom. The number of carbonyl (C=O) groups excluding carboxylic acids is 1. The number of nitrogens with one attached hydrogen (secondary N) is 1. The number of benzene rings is 1. The van der Waals surface area contributed by atoms with Gasteiger partial charge in [0.05, 0.1) is 0 Å². The van der Waals surface area contributed by atoms with Gasteiger partial charge < -0.3 is 10.2 Å². The summed E-state index contributed by atoms with van der Waals surface area (Å²) in [5, 5.41) is 3.34. The first-order chi connectivity index (χ1) is 8.58. The molecule has 1 amide bonds. The zero-order valence-corrected chi connectivity index (χ0v) is 11.5. The third-order valence-corrected chi connectivity index (χ3v) is 3.65. The standard InChI is InChI=1S/C15H22N2O/c1-11-4-5-14(12(2)8-11)15(18)17(3)10-13-6-7-16-9-13/h4-5,8,13,16H,6-7,9-10H2,1-3H3. The van der Waals surface area contributed by atoms with Gasteiger partial charge in [-0.1, -0.05) is 17.7 Å². The van der Waals surface area contributed by atoms with Gasteiger partial charge in [0, 0.05) is 19.2 Å². The number of aryl methyl sites for hydroxylation is 2. The van der Waals surface area contributed by atoms with Gasteiger partial charge in [0.15, 0.2) is 0 Å². The predicted molar refractivity (Wildman–Crippen MR) is 73.9 cm³/mol. The van der Waals surface area contributed by atoms with Crippen LogP contribution in [-0.2, 0) is 0 Å². The van der Waals surface area contributed by atoms with Crippen LogP contribution < -0.4 is 5.32 Å². The Kier molecular flexibility index (Phi) is 4.02. The molecule has 1 saturated heterocycles.